The normalized spacial score (nSPS) is 17.2. The number of aromatic nitrogens is 2. The van der Waals surface area contributed by atoms with E-state index < -0.39 is 15.9 Å². The second-order valence-corrected chi connectivity index (χ2v) is 12.0. The monoisotopic (exact) mass is 521 g/mol. The van der Waals surface area contributed by atoms with E-state index in [4.69, 9.17) is 4.74 Å². The standard InChI is InChI=1S/C29H35N3O4S/c1-4-6-23-15-24(22-9-8-21-10-12-36-18-25(21)14-22)13-20(3)26(23)16-28(33)31-37(34,35)29-17-27-19(2)7-5-11-32(27)30-29/h8-9,13-15,17,19H,4-7,10-12,16,18H2,1-3H3,(H,31,33). The third-order valence-corrected chi connectivity index (χ3v) is 8.81. The zero-order valence-electron chi connectivity index (χ0n) is 21.8. The highest BCUT2D eigenvalue weighted by Crippen LogP contribution is 2.31. The number of ether oxygens (including phenoxy) is 1. The lowest BCUT2D eigenvalue weighted by Gasteiger charge is -2.19. The molecule has 1 aromatic heterocycles. The van der Waals surface area contributed by atoms with Crippen LogP contribution in [0, 0.1) is 6.92 Å². The van der Waals surface area contributed by atoms with E-state index in [1.807, 2.05) is 6.92 Å². The molecule has 0 aliphatic carbocycles. The van der Waals surface area contributed by atoms with Gasteiger partial charge >= 0.3 is 0 Å². The van der Waals surface area contributed by atoms with Gasteiger partial charge in [-0.1, -0.05) is 44.5 Å². The van der Waals surface area contributed by atoms with Crippen LogP contribution in [0.3, 0.4) is 0 Å². The number of fused-ring (bicyclic) bond motifs is 2. The van der Waals surface area contributed by atoms with Gasteiger partial charge in [-0.05, 0) is 83.5 Å². The molecule has 0 bridgehead atoms. The van der Waals surface area contributed by atoms with Crippen LogP contribution in [0.25, 0.3) is 11.1 Å². The smallest absolute Gasteiger partial charge is 0.283 e. The van der Waals surface area contributed by atoms with Gasteiger partial charge in [0.05, 0.1) is 19.6 Å². The molecule has 1 N–H and O–H groups in total. The molecule has 3 heterocycles. The fourth-order valence-electron chi connectivity index (χ4n) is 5.56. The maximum atomic E-state index is 13.0. The van der Waals surface area contributed by atoms with E-state index in [0.29, 0.717) is 13.2 Å². The lowest BCUT2D eigenvalue weighted by Crippen LogP contribution is -2.32. The lowest BCUT2D eigenvalue weighted by molar-refractivity contribution is -0.118. The van der Waals surface area contributed by atoms with Gasteiger partial charge in [0, 0.05) is 18.3 Å². The van der Waals surface area contributed by atoms with Crippen LogP contribution in [-0.4, -0.2) is 30.7 Å². The summed E-state index contributed by atoms with van der Waals surface area (Å²) in [5, 5.41) is 4.20. The average molecular weight is 522 g/mol. The Bertz CT molecular complexity index is 1440. The minimum absolute atomic E-state index is 0.00265. The molecule has 5 rings (SSSR count). The maximum Gasteiger partial charge on any atom is 0.283 e. The van der Waals surface area contributed by atoms with Crippen LogP contribution in [0.15, 0.2) is 41.4 Å². The van der Waals surface area contributed by atoms with E-state index >= 15 is 0 Å². The predicted octanol–water partition coefficient (Wildman–Crippen LogP) is 4.83. The average Bonchev–Trinajstić information content (AvgIpc) is 3.32. The molecule has 3 aromatic rings. The van der Waals surface area contributed by atoms with Crippen molar-refractivity contribution in [1.29, 1.82) is 0 Å². The second kappa shape index (κ2) is 10.4. The Kier molecular flexibility index (Phi) is 7.23. The molecule has 1 amide bonds. The first-order chi connectivity index (χ1) is 17.7. The van der Waals surface area contributed by atoms with Crippen LogP contribution in [-0.2, 0) is 52.0 Å². The van der Waals surface area contributed by atoms with E-state index in [2.05, 4.69) is 54.0 Å². The molecule has 0 saturated carbocycles. The third kappa shape index (κ3) is 5.36. The number of rotatable bonds is 7. The Balaban J connectivity index is 1.38. The number of nitrogens with zero attached hydrogens (tertiary/aromatic N) is 2. The van der Waals surface area contributed by atoms with E-state index in [1.165, 1.54) is 11.1 Å². The molecule has 1 atom stereocenters. The SMILES string of the molecule is CCCc1cc(-c2ccc3c(c2)COCC3)cc(C)c1CC(=O)NS(=O)(=O)c1cc2n(n1)CCCC2C. The molecule has 196 valence electrons. The van der Waals surface area contributed by atoms with E-state index in [-0.39, 0.29) is 17.4 Å². The Morgan fingerprint density at radius 3 is 2.78 bits per heavy atom. The number of amides is 1. The number of sulfonamides is 1. The first kappa shape index (κ1) is 25.7. The van der Waals surface area contributed by atoms with Crippen molar-refractivity contribution >= 4 is 15.9 Å². The van der Waals surface area contributed by atoms with Crippen LogP contribution in [0.1, 0.15) is 72.5 Å². The van der Waals surface area contributed by atoms with Crippen LogP contribution < -0.4 is 4.72 Å². The summed E-state index contributed by atoms with van der Waals surface area (Å²) in [7, 11) is -4.04. The van der Waals surface area contributed by atoms with Gasteiger partial charge in [0.25, 0.3) is 10.0 Å². The fraction of sp³-hybridized carbons (Fsp3) is 0.448. The molecule has 37 heavy (non-hydrogen) atoms. The predicted molar refractivity (Wildman–Crippen MR) is 143 cm³/mol. The van der Waals surface area contributed by atoms with Gasteiger partial charge in [0.15, 0.2) is 5.03 Å². The Morgan fingerprint density at radius 2 is 2.00 bits per heavy atom. The summed E-state index contributed by atoms with van der Waals surface area (Å²) < 4.78 is 35.6. The number of carbonyl (C=O) groups is 1. The highest BCUT2D eigenvalue weighted by Gasteiger charge is 2.27. The summed E-state index contributed by atoms with van der Waals surface area (Å²) in [6.45, 7) is 8.27. The van der Waals surface area contributed by atoms with E-state index in [0.717, 1.165) is 72.2 Å². The molecule has 0 radical (unpaired) electrons. The molecule has 2 aliphatic rings. The van der Waals surface area contributed by atoms with Crippen molar-refractivity contribution in [2.45, 2.75) is 83.4 Å². The molecule has 2 aliphatic heterocycles. The molecular weight excluding hydrogens is 486 g/mol. The van der Waals surface area contributed by atoms with Crippen molar-refractivity contribution in [1.82, 2.24) is 14.5 Å². The summed E-state index contributed by atoms with van der Waals surface area (Å²) in [5.74, 6) is -0.292. The number of aryl methyl sites for hydroxylation is 3. The quantitative estimate of drug-likeness (QED) is 0.481. The van der Waals surface area contributed by atoms with Crippen molar-refractivity contribution in [3.63, 3.8) is 0 Å². The third-order valence-electron chi connectivity index (χ3n) is 7.56. The van der Waals surface area contributed by atoms with Crippen LogP contribution in [0.2, 0.25) is 0 Å². The van der Waals surface area contributed by atoms with Crippen molar-refractivity contribution in [3.05, 3.63) is 69.9 Å². The molecule has 0 spiro atoms. The molecular formula is C29H35N3O4S. The zero-order chi connectivity index (χ0) is 26.2. The number of nitrogens with one attached hydrogen (secondary N) is 1. The van der Waals surface area contributed by atoms with Gasteiger partial charge in [0.2, 0.25) is 5.91 Å². The highest BCUT2D eigenvalue weighted by molar-refractivity contribution is 7.90. The summed E-state index contributed by atoms with van der Waals surface area (Å²) in [4.78, 5) is 13.0. The second-order valence-electron chi connectivity index (χ2n) is 10.3. The van der Waals surface area contributed by atoms with E-state index in [1.54, 1.807) is 10.7 Å². The largest absolute Gasteiger partial charge is 0.376 e. The number of carbonyl (C=O) groups excluding carboxylic acids is 1. The van der Waals surface area contributed by atoms with Gasteiger partial charge in [-0.25, -0.2) is 4.72 Å². The van der Waals surface area contributed by atoms with Crippen molar-refractivity contribution < 1.29 is 17.9 Å². The summed E-state index contributed by atoms with van der Waals surface area (Å²) in [6.07, 6.45) is 4.65. The first-order valence-corrected chi connectivity index (χ1v) is 14.7. The zero-order valence-corrected chi connectivity index (χ0v) is 22.7. The Labute approximate surface area is 219 Å². The Morgan fingerprint density at radius 1 is 1.16 bits per heavy atom. The van der Waals surface area contributed by atoms with Crippen LogP contribution in [0.4, 0.5) is 0 Å². The van der Waals surface area contributed by atoms with Crippen LogP contribution in [0.5, 0.6) is 0 Å². The minimum atomic E-state index is -4.04. The maximum absolute atomic E-state index is 13.0. The van der Waals surface area contributed by atoms with Gasteiger partial charge < -0.3 is 4.74 Å². The van der Waals surface area contributed by atoms with Crippen molar-refractivity contribution in [3.8, 4) is 11.1 Å². The molecule has 8 heteroatoms. The summed E-state index contributed by atoms with van der Waals surface area (Å²) in [6, 6.07) is 12.4. The van der Waals surface area contributed by atoms with Crippen molar-refractivity contribution in [2.24, 2.45) is 0 Å². The molecule has 7 nitrogen and oxygen atoms in total. The molecule has 1 unspecified atom stereocenters. The minimum Gasteiger partial charge on any atom is -0.376 e. The summed E-state index contributed by atoms with van der Waals surface area (Å²) in [5.41, 5.74) is 8.64. The van der Waals surface area contributed by atoms with Gasteiger partial charge in [-0.3, -0.25) is 9.48 Å². The topological polar surface area (TPSA) is 90.3 Å². The van der Waals surface area contributed by atoms with E-state index in [9.17, 15) is 13.2 Å². The first-order valence-electron chi connectivity index (χ1n) is 13.2. The highest BCUT2D eigenvalue weighted by atomic mass is 32.2. The molecule has 2 aromatic carbocycles. The van der Waals surface area contributed by atoms with Gasteiger partial charge in [-0.15, -0.1) is 0 Å². The lowest BCUT2D eigenvalue weighted by atomic mass is 9.90. The number of hydrogen-bond donors (Lipinski definition) is 1. The molecule has 0 saturated heterocycles. The van der Waals surface area contributed by atoms with Gasteiger partial charge in [-0.2, -0.15) is 13.5 Å². The Hall–Kier alpha value is -2.97. The van der Waals surface area contributed by atoms with Crippen molar-refractivity contribution in [2.75, 3.05) is 6.61 Å². The number of hydrogen-bond acceptors (Lipinski definition) is 5. The summed E-state index contributed by atoms with van der Waals surface area (Å²) >= 11 is 0. The number of benzene rings is 2. The van der Waals surface area contributed by atoms with Gasteiger partial charge in [0.1, 0.15) is 0 Å². The van der Waals surface area contributed by atoms with Crippen LogP contribution >= 0.6 is 0 Å². The fourth-order valence-corrected chi connectivity index (χ4v) is 6.52. The molecule has 0 fully saturated rings.